The number of benzene rings is 1. The molecule has 3 atom stereocenters. The molecule has 3 aliphatic carbocycles. The number of urea groups is 1. The number of imide groups is 1. The van der Waals surface area contributed by atoms with Crippen LogP contribution in [0.1, 0.15) is 48.6 Å². The molecule has 0 aromatic heterocycles. The van der Waals surface area contributed by atoms with Gasteiger partial charge in [-0.1, -0.05) is 30.7 Å². The number of hydrogen-bond acceptors (Lipinski definition) is 2. The van der Waals surface area contributed by atoms with Crippen LogP contribution in [0.2, 0.25) is 0 Å². The van der Waals surface area contributed by atoms with Gasteiger partial charge in [0.05, 0.1) is 0 Å². The van der Waals surface area contributed by atoms with Gasteiger partial charge in [0.25, 0.3) is 5.91 Å². The summed E-state index contributed by atoms with van der Waals surface area (Å²) in [4.78, 5) is 23.9. The Morgan fingerprint density at radius 2 is 1.89 bits per heavy atom. The average Bonchev–Trinajstić information content (AvgIpc) is 2.59. The SMILES string of the molecule is O=C1NC(=O)[C@@]2(C[C@@H]3CCC[C@H]2c2ccccc23)N1. The van der Waals surface area contributed by atoms with E-state index in [4.69, 9.17) is 0 Å². The predicted molar refractivity (Wildman–Crippen MR) is 69.8 cm³/mol. The Labute approximate surface area is 111 Å². The minimum absolute atomic E-state index is 0.119. The van der Waals surface area contributed by atoms with E-state index in [1.165, 1.54) is 11.1 Å². The highest BCUT2D eigenvalue weighted by atomic mass is 16.2. The largest absolute Gasteiger partial charge is 0.323 e. The number of carbonyl (C=O) groups is 2. The van der Waals surface area contributed by atoms with E-state index in [0.29, 0.717) is 5.92 Å². The summed E-state index contributed by atoms with van der Waals surface area (Å²) in [6, 6.07) is 8.06. The third-order valence-corrected chi connectivity index (χ3v) is 4.99. The molecule has 1 spiro atoms. The van der Waals surface area contributed by atoms with E-state index in [1.54, 1.807) is 0 Å². The van der Waals surface area contributed by atoms with Gasteiger partial charge in [0.1, 0.15) is 5.54 Å². The molecule has 98 valence electrons. The lowest BCUT2D eigenvalue weighted by Crippen LogP contribution is -2.54. The fraction of sp³-hybridized carbons (Fsp3) is 0.467. The van der Waals surface area contributed by atoms with E-state index in [2.05, 4.69) is 28.8 Å². The minimum Gasteiger partial charge on any atom is -0.323 e. The van der Waals surface area contributed by atoms with E-state index in [0.717, 1.165) is 25.7 Å². The second-order valence-corrected chi connectivity index (χ2v) is 5.89. The standard InChI is InChI=1S/C15H16N2O2/c18-13-15(17-14(19)16-13)8-9-4-3-7-12(15)11-6-2-1-5-10(9)11/h1-2,5-6,9,12H,3-4,7-8H2,(H2,16,17,18,19)/t9-,12-,15-/m0/s1. The predicted octanol–water partition coefficient (Wildman–Crippen LogP) is 2.02. The van der Waals surface area contributed by atoms with Crippen molar-refractivity contribution in [3.8, 4) is 0 Å². The Kier molecular flexibility index (Phi) is 2.08. The first-order valence-electron chi connectivity index (χ1n) is 6.93. The first-order valence-corrected chi connectivity index (χ1v) is 6.93. The van der Waals surface area contributed by atoms with Crippen molar-refractivity contribution in [1.29, 1.82) is 0 Å². The molecule has 2 fully saturated rings. The maximum Gasteiger partial charge on any atom is 0.322 e. The highest BCUT2D eigenvalue weighted by Gasteiger charge is 2.57. The van der Waals surface area contributed by atoms with Crippen LogP contribution >= 0.6 is 0 Å². The summed E-state index contributed by atoms with van der Waals surface area (Å²) in [6.07, 6.45) is 3.95. The van der Waals surface area contributed by atoms with Crippen molar-refractivity contribution in [3.63, 3.8) is 0 Å². The summed E-state index contributed by atoms with van der Waals surface area (Å²) in [5.41, 5.74) is 1.94. The van der Waals surface area contributed by atoms with Gasteiger partial charge in [0.15, 0.2) is 0 Å². The molecule has 1 saturated heterocycles. The molecule has 3 amide bonds. The van der Waals surface area contributed by atoms with Crippen molar-refractivity contribution in [3.05, 3.63) is 35.4 Å². The van der Waals surface area contributed by atoms with Crippen LogP contribution in [0.25, 0.3) is 0 Å². The molecular formula is C15H16N2O2. The molecule has 5 rings (SSSR count). The monoisotopic (exact) mass is 256 g/mol. The number of amides is 3. The Morgan fingerprint density at radius 1 is 1.11 bits per heavy atom. The Bertz CT molecular complexity index is 583. The van der Waals surface area contributed by atoms with E-state index >= 15 is 0 Å². The normalized spacial score (nSPS) is 35.8. The van der Waals surface area contributed by atoms with Crippen molar-refractivity contribution >= 4 is 11.9 Å². The van der Waals surface area contributed by atoms with Gasteiger partial charge in [-0.15, -0.1) is 0 Å². The van der Waals surface area contributed by atoms with Crippen LogP contribution in [0.3, 0.4) is 0 Å². The molecule has 1 aliphatic heterocycles. The molecule has 1 heterocycles. The van der Waals surface area contributed by atoms with Gasteiger partial charge in [0.2, 0.25) is 0 Å². The maximum atomic E-state index is 12.3. The van der Waals surface area contributed by atoms with Crippen LogP contribution in [0.4, 0.5) is 4.79 Å². The number of fused-ring (bicyclic) bond motifs is 2. The van der Waals surface area contributed by atoms with Crippen molar-refractivity contribution in [2.45, 2.75) is 43.1 Å². The summed E-state index contributed by atoms with van der Waals surface area (Å²) < 4.78 is 0. The minimum atomic E-state index is -0.702. The molecule has 0 unspecified atom stereocenters. The van der Waals surface area contributed by atoms with E-state index in [9.17, 15) is 9.59 Å². The summed E-state index contributed by atoms with van der Waals surface area (Å²) in [6.45, 7) is 0. The molecule has 1 aromatic carbocycles. The van der Waals surface area contributed by atoms with Crippen molar-refractivity contribution in [1.82, 2.24) is 10.6 Å². The second-order valence-electron chi connectivity index (χ2n) is 5.89. The van der Waals surface area contributed by atoms with Crippen molar-refractivity contribution in [2.75, 3.05) is 0 Å². The topological polar surface area (TPSA) is 58.2 Å². The Morgan fingerprint density at radius 3 is 2.63 bits per heavy atom. The Balaban J connectivity index is 1.91. The summed E-state index contributed by atoms with van der Waals surface area (Å²) in [5.74, 6) is 0.372. The highest BCUT2D eigenvalue weighted by Crippen LogP contribution is 2.52. The number of hydrogen-bond donors (Lipinski definition) is 2. The van der Waals surface area contributed by atoms with E-state index < -0.39 is 5.54 Å². The van der Waals surface area contributed by atoms with Crippen LogP contribution < -0.4 is 10.6 Å². The van der Waals surface area contributed by atoms with Gasteiger partial charge in [-0.3, -0.25) is 10.1 Å². The van der Waals surface area contributed by atoms with Crippen LogP contribution in [0.5, 0.6) is 0 Å². The van der Waals surface area contributed by atoms with Gasteiger partial charge in [-0.2, -0.15) is 0 Å². The van der Waals surface area contributed by atoms with E-state index in [-0.39, 0.29) is 17.9 Å². The molecule has 1 saturated carbocycles. The molecule has 2 bridgehead atoms. The third-order valence-electron chi connectivity index (χ3n) is 4.99. The van der Waals surface area contributed by atoms with Crippen LogP contribution in [0, 0.1) is 0 Å². The molecule has 4 nitrogen and oxygen atoms in total. The number of nitrogens with one attached hydrogen (secondary N) is 2. The van der Waals surface area contributed by atoms with Crippen LogP contribution in [-0.4, -0.2) is 17.5 Å². The van der Waals surface area contributed by atoms with Gasteiger partial charge < -0.3 is 5.32 Å². The first-order chi connectivity index (χ1) is 9.21. The highest BCUT2D eigenvalue weighted by molar-refractivity contribution is 6.08. The zero-order valence-electron chi connectivity index (χ0n) is 10.6. The van der Waals surface area contributed by atoms with Gasteiger partial charge in [-0.25, -0.2) is 4.79 Å². The molecule has 4 heteroatoms. The van der Waals surface area contributed by atoms with Crippen molar-refractivity contribution in [2.24, 2.45) is 0 Å². The molecule has 2 N–H and O–H groups in total. The lowest BCUT2D eigenvalue weighted by atomic mass is 9.66. The van der Waals surface area contributed by atoms with Crippen LogP contribution in [-0.2, 0) is 4.79 Å². The average molecular weight is 256 g/mol. The molecule has 0 radical (unpaired) electrons. The second kappa shape index (κ2) is 3.59. The lowest BCUT2D eigenvalue weighted by Gasteiger charge is -2.41. The molecule has 1 aromatic rings. The zero-order chi connectivity index (χ0) is 13.0. The molecule has 19 heavy (non-hydrogen) atoms. The van der Waals surface area contributed by atoms with Gasteiger partial charge in [-0.05, 0) is 36.3 Å². The smallest absolute Gasteiger partial charge is 0.322 e. The zero-order valence-corrected chi connectivity index (χ0v) is 10.6. The summed E-state index contributed by atoms with van der Waals surface area (Å²) in [5, 5.41) is 5.36. The van der Waals surface area contributed by atoms with E-state index in [1.807, 2.05) is 6.07 Å². The number of rotatable bonds is 0. The summed E-state index contributed by atoms with van der Waals surface area (Å²) >= 11 is 0. The maximum absolute atomic E-state index is 12.3. The fourth-order valence-corrected chi connectivity index (χ4v) is 4.23. The summed E-state index contributed by atoms with van der Waals surface area (Å²) in [7, 11) is 0. The van der Waals surface area contributed by atoms with Gasteiger partial charge in [0, 0.05) is 5.92 Å². The van der Waals surface area contributed by atoms with Crippen LogP contribution in [0.15, 0.2) is 24.3 Å². The van der Waals surface area contributed by atoms with Gasteiger partial charge >= 0.3 is 6.03 Å². The quantitative estimate of drug-likeness (QED) is 0.698. The number of carbonyl (C=O) groups excluding carboxylic acids is 2. The molecule has 4 aliphatic rings. The third kappa shape index (κ3) is 1.34. The first kappa shape index (κ1) is 11.0. The fourth-order valence-electron chi connectivity index (χ4n) is 4.23. The molecular weight excluding hydrogens is 240 g/mol. The Hall–Kier alpha value is -1.84. The van der Waals surface area contributed by atoms with Crippen molar-refractivity contribution < 1.29 is 9.59 Å². The lowest BCUT2D eigenvalue weighted by molar-refractivity contribution is -0.125.